The number of carbonyl (C=O) groups excluding carboxylic acids is 4. The Bertz CT molecular complexity index is 648. The van der Waals surface area contributed by atoms with E-state index < -0.39 is 29.6 Å². The first-order chi connectivity index (χ1) is 12.3. The van der Waals surface area contributed by atoms with Crippen LogP contribution in [0.1, 0.15) is 37.0 Å². The van der Waals surface area contributed by atoms with Crippen LogP contribution in [0.15, 0.2) is 24.3 Å². The summed E-state index contributed by atoms with van der Waals surface area (Å²) in [4.78, 5) is 47.3. The molecule has 0 aliphatic heterocycles. The van der Waals surface area contributed by atoms with Crippen molar-refractivity contribution in [3.05, 3.63) is 29.8 Å². The zero-order valence-corrected chi connectivity index (χ0v) is 15.4. The summed E-state index contributed by atoms with van der Waals surface area (Å²) in [5.74, 6) is -3.19. The highest BCUT2D eigenvalue weighted by molar-refractivity contribution is 6.09. The van der Waals surface area contributed by atoms with Crippen molar-refractivity contribution in [2.45, 2.75) is 26.7 Å². The second-order valence-corrected chi connectivity index (χ2v) is 5.80. The molecule has 0 saturated heterocycles. The molecule has 0 N–H and O–H groups in total. The van der Waals surface area contributed by atoms with Gasteiger partial charge in [0, 0.05) is 6.42 Å². The standard InChI is InChI=1S/C19H24O7/c1-12(17(21)13(2)18(22)25-4)16(20)6-5-11-26-19(23)14-7-9-15(24-3)10-8-14/h7-10,12-13H,5-6,11H2,1-4H3. The van der Waals surface area contributed by atoms with E-state index in [1.807, 2.05) is 0 Å². The van der Waals surface area contributed by atoms with E-state index in [4.69, 9.17) is 9.47 Å². The van der Waals surface area contributed by atoms with Gasteiger partial charge < -0.3 is 14.2 Å². The molecule has 7 heteroatoms. The predicted octanol–water partition coefficient (Wildman–Crippen LogP) is 2.22. The highest BCUT2D eigenvalue weighted by Crippen LogP contribution is 2.14. The largest absolute Gasteiger partial charge is 0.497 e. The van der Waals surface area contributed by atoms with Crippen LogP contribution in [0.3, 0.4) is 0 Å². The zero-order chi connectivity index (χ0) is 19.7. The summed E-state index contributed by atoms with van der Waals surface area (Å²) in [6.07, 6.45) is 0.377. The molecule has 0 spiro atoms. The summed E-state index contributed by atoms with van der Waals surface area (Å²) in [5.41, 5.74) is 0.382. The maximum Gasteiger partial charge on any atom is 0.338 e. The maximum atomic E-state index is 12.1. The highest BCUT2D eigenvalue weighted by Gasteiger charge is 2.30. The Balaban J connectivity index is 2.39. The van der Waals surface area contributed by atoms with Crippen molar-refractivity contribution < 1.29 is 33.4 Å². The van der Waals surface area contributed by atoms with Crippen LogP contribution < -0.4 is 4.74 Å². The normalized spacial score (nSPS) is 12.6. The van der Waals surface area contributed by atoms with Crippen LogP contribution in [-0.2, 0) is 23.9 Å². The van der Waals surface area contributed by atoms with Crippen molar-refractivity contribution in [1.82, 2.24) is 0 Å². The molecule has 0 radical (unpaired) electrons. The average molecular weight is 364 g/mol. The molecule has 0 saturated carbocycles. The van der Waals surface area contributed by atoms with Crippen molar-refractivity contribution in [3.8, 4) is 5.75 Å². The fourth-order valence-corrected chi connectivity index (χ4v) is 2.26. The van der Waals surface area contributed by atoms with E-state index in [9.17, 15) is 19.2 Å². The van der Waals surface area contributed by atoms with Crippen molar-refractivity contribution in [1.29, 1.82) is 0 Å². The fourth-order valence-electron chi connectivity index (χ4n) is 2.26. The van der Waals surface area contributed by atoms with Gasteiger partial charge in [0.1, 0.15) is 17.5 Å². The Morgan fingerprint density at radius 3 is 2.12 bits per heavy atom. The monoisotopic (exact) mass is 364 g/mol. The van der Waals surface area contributed by atoms with Gasteiger partial charge in [0.05, 0.1) is 32.3 Å². The van der Waals surface area contributed by atoms with Gasteiger partial charge in [-0.3, -0.25) is 14.4 Å². The number of hydrogen-bond acceptors (Lipinski definition) is 7. The minimum Gasteiger partial charge on any atom is -0.497 e. The summed E-state index contributed by atoms with van der Waals surface area (Å²) in [5, 5.41) is 0. The molecule has 1 aromatic rings. The number of hydrogen-bond donors (Lipinski definition) is 0. The lowest BCUT2D eigenvalue weighted by Gasteiger charge is -2.13. The van der Waals surface area contributed by atoms with E-state index in [2.05, 4.69) is 4.74 Å². The van der Waals surface area contributed by atoms with Gasteiger partial charge >= 0.3 is 11.9 Å². The van der Waals surface area contributed by atoms with Crippen LogP contribution in [0.5, 0.6) is 5.75 Å². The molecule has 0 bridgehead atoms. The zero-order valence-electron chi connectivity index (χ0n) is 15.4. The lowest BCUT2D eigenvalue weighted by Crippen LogP contribution is -2.31. The molecule has 0 aliphatic carbocycles. The smallest absolute Gasteiger partial charge is 0.338 e. The first-order valence-corrected chi connectivity index (χ1v) is 8.27. The van der Waals surface area contributed by atoms with Crippen molar-refractivity contribution in [3.63, 3.8) is 0 Å². The molecule has 2 atom stereocenters. The summed E-state index contributed by atoms with van der Waals surface area (Å²) < 4.78 is 14.6. The van der Waals surface area contributed by atoms with Gasteiger partial charge in [-0.2, -0.15) is 0 Å². The molecule has 2 unspecified atom stereocenters. The van der Waals surface area contributed by atoms with Gasteiger partial charge in [0.2, 0.25) is 0 Å². The molecule has 1 aromatic carbocycles. The number of esters is 2. The van der Waals surface area contributed by atoms with Gasteiger partial charge in [-0.1, -0.05) is 0 Å². The fraction of sp³-hybridized carbons (Fsp3) is 0.474. The Morgan fingerprint density at radius 1 is 0.962 bits per heavy atom. The van der Waals surface area contributed by atoms with Crippen molar-refractivity contribution >= 4 is 23.5 Å². The molecule has 0 heterocycles. The molecule has 26 heavy (non-hydrogen) atoms. The number of ketones is 2. The Morgan fingerprint density at radius 2 is 1.58 bits per heavy atom. The van der Waals surface area contributed by atoms with E-state index in [0.29, 0.717) is 17.7 Å². The van der Waals surface area contributed by atoms with Gasteiger partial charge in [-0.05, 0) is 44.5 Å². The number of methoxy groups -OCH3 is 2. The topological polar surface area (TPSA) is 96.0 Å². The molecule has 0 fully saturated rings. The van der Waals surface area contributed by atoms with E-state index in [1.54, 1.807) is 24.3 Å². The third-order valence-electron chi connectivity index (χ3n) is 4.02. The minimum absolute atomic E-state index is 0.0596. The Labute approximate surface area is 152 Å². The van der Waals surface area contributed by atoms with Crippen LogP contribution in [0.25, 0.3) is 0 Å². The van der Waals surface area contributed by atoms with Crippen LogP contribution in [0.4, 0.5) is 0 Å². The van der Waals surface area contributed by atoms with Crippen LogP contribution in [-0.4, -0.2) is 44.3 Å². The first-order valence-electron chi connectivity index (χ1n) is 8.27. The number of rotatable bonds is 10. The molecule has 7 nitrogen and oxygen atoms in total. The van der Waals surface area contributed by atoms with Gasteiger partial charge in [0.25, 0.3) is 0 Å². The summed E-state index contributed by atoms with van der Waals surface area (Å²) in [6.45, 7) is 2.94. The lowest BCUT2D eigenvalue weighted by molar-refractivity contribution is -0.150. The number of benzene rings is 1. The van der Waals surface area contributed by atoms with E-state index in [0.717, 1.165) is 0 Å². The van der Waals surface area contributed by atoms with E-state index in [1.165, 1.54) is 28.1 Å². The molecular formula is C19H24O7. The second kappa shape index (κ2) is 10.3. The highest BCUT2D eigenvalue weighted by atomic mass is 16.5. The third kappa shape index (κ3) is 5.98. The molecule has 0 aliphatic rings. The van der Waals surface area contributed by atoms with Crippen molar-refractivity contribution in [2.75, 3.05) is 20.8 Å². The van der Waals surface area contributed by atoms with Crippen molar-refractivity contribution in [2.24, 2.45) is 11.8 Å². The molecule has 1 rings (SSSR count). The predicted molar refractivity (Wildman–Crippen MR) is 92.9 cm³/mol. The second-order valence-electron chi connectivity index (χ2n) is 5.80. The van der Waals surface area contributed by atoms with E-state index in [-0.39, 0.29) is 18.8 Å². The summed E-state index contributed by atoms with van der Waals surface area (Å²) in [6, 6.07) is 6.47. The molecule has 0 aromatic heterocycles. The number of Topliss-reactive ketones (excluding diaryl/α,β-unsaturated/α-hetero) is 2. The Kier molecular flexibility index (Phi) is 8.48. The summed E-state index contributed by atoms with van der Waals surface area (Å²) >= 11 is 0. The van der Waals surface area contributed by atoms with Crippen LogP contribution >= 0.6 is 0 Å². The van der Waals surface area contributed by atoms with Gasteiger partial charge in [-0.25, -0.2) is 4.79 Å². The van der Waals surface area contributed by atoms with Crippen LogP contribution in [0, 0.1) is 11.8 Å². The third-order valence-corrected chi connectivity index (χ3v) is 4.02. The summed E-state index contributed by atoms with van der Waals surface area (Å²) in [7, 11) is 2.72. The first kappa shape index (κ1) is 21.3. The lowest BCUT2D eigenvalue weighted by atomic mass is 9.90. The Hall–Kier alpha value is -2.70. The quantitative estimate of drug-likeness (QED) is 0.357. The molecule has 142 valence electrons. The van der Waals surface area contributed by atoms with Crippen LogP contribution in [0.2, 0.25) is 0 Å². The maximum absolute atomic E-state index is 12.1. The van der Waals surface area contributed by atoms with Gasteiger partial charge in [-0.15, -0.1) is 0 Å². The SMILES string of the molecule is COC(=O)C(C)C(=O)C(C)C(=O)CCCOC(=O)c1ccc(OC)cc1. The minimum atomic E-state index is -0.980. The number of ether oxygens (including phenoxy) is 3. The molecular weight excluding hydrogens is 340 g/mol. The van der Waals surface area contributed by atoms with Gasteiger partial charge in [0.15, 0.2) is 5.78 Å². The molecule has 0 amide bonds. The van der Waals surface area contributed by atoms with E-state index >= 15 is 0 Å². The number of carbonyl (C=O) groups is 4. The average Bonchev–Trinajstić information content (AvgIpc) is 2.68.